The second kappa shape index (κ2) is 7.10. The van der Waals surface area contributed by atoms with Gasteiger partial charge in [-0.25, -0.2) is 0 Å². The first kappa shape index (κ1) is 11.4. The topological polar surface area (TPSA) is 41.1 Å². The summed E-state index contributed by atoms with van der Waals surface area (Å²) in [5.74, 6) is 0.381. The molecule has 1 atom stereocenters. The lowest BCUT2D eigenvalue weighted by Gasteiger charge is -2.20. The highest BCUT2D eigenvalue weighted by molar-refractivity contribution is 5.78. The van der Waals surface area contributed by atoms with E-state index in [4.69, 9.17) is 0 Å². The van der Waals surface area contributed by atoms with Gasteiger partial charge in [-0.15, -0.1) is 0 Å². The van der Waals surface area contributed by atoms with Gasteiger partial charge in [0.1, 0.15) is 0 Å². The highest BCUT2D eigenvalue weighted by atomic mass is 16.1. The number of piperidine rings is 1. The number of carbonyl (C=O) groups excluding carboxylic acids is 1. The molecule has 0 spiro atoms. The fourth-order valence-corrected chi connectivity index (χ4v) is 1.28. The van der Waals surface area contributed by atoms with Gasteiger partial charge in [-0.2, -0.15) is 0 Å². The lowest BCUT2D eigenvalue weighted by molar-refractivity contribution is -0.124. The number of amides is 1. The van der Waals surface area contributed by atoms with Crippen molar-refractivity contribution in [1.29, 1.82) is 0 Å². The largest absolute Gasteiger partial charge is 0.359 e. The molecule has 3 heteroatoms. The summed E-state index contributed by atoms with van der Waals surface area (Å²) < 4.78 is 0. The van der Waals surface area contributed by atoms with Crippen molar-refractivity contribution in [2.45, 2.75) is 26.7 Å². The van der Waals surface area contributed by atoms with E-state index in [0.717, 1.165) is 25.9 Å². The Balaban J connectivity index is 0.000000561. The maximum atomic E-state index is 11.0. The minimum absolute atomic E-state index is 0.173. The average molecular weight is 172 g/mol. The molecule has 72 valence electrons. The molecule has 12 heavy (non-hydrogen) atoms. The second-order valence-corrected chi connectivity index (χ2v) is 2.66. The van der Waals surface area contributed by atoms with Crippen LogP contribution in [0, 0.1) is 5.92 Å². The van der Waals surface area contributed by atoms with Crippen molar-refractivity contribution in [3.8, 4) is 0 Å². The molecule has 1 aliphatic rings. The smallest absolute Gasteiger partial charge is 0.224 e. The van der Waals surface area contributed by atoms with Crippen molar-refractivity contribution in [3.63, 3.8) is 0 Å². The zero-order valence-electron chi connectivity index (χ0n) is 8.31. The summed E-state index contributed by atoms with van der Waals surface area (Å²) in [6.45, 7) is 5.91. The lowest BCUT2D eigenvalue weighted by atomic mass is 9.99. The van der Waals surface area contributed by atoms with Crippen molar-refractivity contribution in [2.24, 2.45) is 5.92 Å². The fourth-order valence-electron chi connectivity index (χ4n) is 1.28. The van der Waals surface area contributed by atoms with Gasteiger partial charge in [0, 0.05) is 13.6 Å². The molecule has 1 unspecified atom stereocenters. The predicted molar refractivity (Wildman–Crippen MR) is 51.0 cm³/mol. The van der Waals surface area contributed by atoms with E-state index in [0.29, 0.717) is 0 Å². The third-order valence-electron chi connectivity index (χ3n) is 1.91. The standard InChI is InChI=1S/C7H14N2O.C2H6/c1-8-7(10)6-3-2-4-9-5-6;1-2/h6,9H,2-5H2,1H3,(H,8,10);1-2H3. The molecule has 1 fully saturated rings. The van der Waals surface area contributed by atoms with Gasteiger partial charge in [-0.05, 0) is 19.4 Å². The van der Waals surface area contributed by atoms with E-state index in [1.54, 1.807) is 7.05 Å². The maximum absolute atomic E-state index is 11.0. The molecule has 1 amide bonds. The number of carbonyl (C=O) groups is 1. The Labute approximate surface area is 74.9 Å². The van der Waals surface area contributed by atoms with Crippen molar-refractivity contribution >= 4 is 5.91 Å². The molecule has 0 aromatic heterocycles. The Morgan fingerprint density at radius 1 is 1.50 bits per heavy atom. The number of hydrogen-bond acceptors (Lipinski definition) is 2. The summed E-state index contributed by atoms with van der Waals surface area (Å²) in [6.07, 6.45) is 2.16. The van der Waals surface area contributed by atoms with Crippen LogP contribution in [0.3, 0.4) is 0 Å². The van der Waals surface area contributed by atoms with Crippen LogP contribution in [0.25, 0.3) is 0 Å². The molecule has 1 aliphatic heterocycles. The molecule has 0 radical (unpaired) electrons. The van der Waals surface area contributed by atoms with E-state index in [1.165, 1.54) is 0 Å². The van der Waals surface area contributed by atoms with Crippen molar-refractivity contribution < 1.29 is 4.79 Å². The summed E-state index contributed by atoms with van der Waals surface area (Å²) in [7, 11) is 1.69. The first-order chi connectivity index (χ1) is 5.84. The molecule has 0 aromatic carbocycles. The molecule has 2 N–H and O–H groups in total. The van der Waals surface area contributed by atoms with Crippen LogP contribution in [-0.2, 0) is 4.79 Å². The number of rotatable bonds is 1. The van der Waals surface area contributed by atoms with Crippen LogP contribution < -0.4 is 10.6 Å². The highest BCUT2D eigenvalue weighted by Gasteiger charge is 2.18. The van der Waals surface area contributed by atoms with Crippen LogP contribution in [-0.4, -0.2) is 26.0 Å². The van der Waals surface area contributed by atoms with Crippen molar-refractivity contribution in [1.82, 2.24) is 10.6 Å². The van der Waals surface area contributed by atoms with Gasteiger partial charge < -0.3 is 10.6 Å². The quantitative estimate of drug-likeness (QED) is 0.613. The van der Waals surface area contributed by atoms with Crippen LogP contribution in [0.5, 0.6) is 0 Å². The van der Waals surface area contributed by atoms with E-state index < -0.39 is 0 Å². The molecule has 0 aromatic rings. The summed E-state index contributed by atoms with van der Waals surface area (Å²) >= 11 is 0. The third-order valence-corrected chi connectivity index (χ3v) is 1.91. The monoisotopic (exact) mass is 172 g/mol. The first-order valence-electron chi connectivity index (χ1n) is 4.77. The van der Waals surface area contributed by atoms with Gasteiger partial charge in [0.2, 0.25) is 5.91 Å². The van der Waals surface area contributed by atoms with Crippen LogP contribution >= 0.6 is 0 Å². The van der Waals surface area contributed by atoms with Crippen molar-refractivity contribution in [3.05, 3.63) is 0 Å². The van der Waals surface area contributed by atoms with E-state index in [1.807, 2.05) is 13.8 Å². The second-order valence-electron chi connectivity index (χ2n) is 2.66. The Morgan fingerprint density at radius 3 is 2.58 bits per heavy atom. The van der Waals surface area contributed by atoms with Crippen LogP contribution in [0.1, 0.15) is 26.7 Å². The Hall–Kier alpha value is -0.570. The summed E-state index contributed by atoms with van der Waals surface area (Å²) in [5.41, 5.74) is 0. The summed E-state index contributed by atoms with van der Waals surface area (Å²) in [6, 6.07) is 0. The van der Waals surface area contributed by atoms with E-state index >= 15 is 0 Å². The fraction of sp³-hybridized carbons (Fsp3) is 0.889. The zero-order chi connectivity index (χ0) is 9.40. The lowest BCUT2D eigenvalue weighted by Crippen LogP contribution is -2.39. The van der Waals surface area contributed by atoms with Crippen LogP contribution in [0.15, 0.2) is 0 Å². The van der Waals surface area contributed by atoms with E-state index in [2.05, 4.69) is 10.6 Å². The molecule has 3 nitrogen and oxygen atoms in total. The average Bonchev–Trinajstić information content (AvgIpc) is 2.21. The molecule has 0 saturated carbocycles. The van der Waals surface area contributed by atoms with Gasteiger partial charge >= 0.3 is 0 Å². The van der Waals surface area contributed by atoms with Gasteiger partial charge in [0.15, 0.2) is 0 Å². The molecule has 1 saturated heterocycles. The normalized spacial score (nSPS) is 22.1. The molecular formula is C9H20N2O. The molecule has 1 rings (SSSR count). The van der Waals surface area contributed by atoms with Gasteiger partial charge in [-0.1, -0.05) is 13.8 Å². The minimum Gasteiger partial charge on any atom is -0.359 e. The molecule has 1 heterocycles. The Kier molecular flexibility index (Phi) is 6.76. The highest BCUT2D eigenvalue weighted by Crippen LogP contribution is 2.08. The maximum Gasteiger partial charge on any atom is 0.224 e. The van der Waals surface area contributed by atoms with Crippen LogP contribution in [0.2, 0.25) is 0 Å². The summed E-state index contributed by atoms with van der Waals surface area (Å²) in [5, 5.41) is 5.84. The van der Waals surface area contributed by atoms with E-state index in [9.17, 15) is 4.79 Å². The molecule has 0 aliphatic carbocycles. The predicted octanol–water partition coefficient (Wildman–Crippen LogP) is 0.758. The Morgan fingerprint density at radius 2 is 2.17 bits per heavy atom. The number of hydrogen-bond donors (Lipinski definition) is 2. The minimum atomic E-state index is 0.173. The molecule has 0 bridgehead atoms. The molecular weight excluding hydrogens is 152 g/mol. The van der Waals surface area contributed by atoms with Gasteiger partial charge in [0.25, 0.3) is 0 Å². The third kappa shape index (κ3) is 3.72. The zero-order valence-corrected chi connectivity index (χ0v) is 8.31. The summed E-state index contributed by atoms with van der Waals surface area (Å²) in [4.78, 5) is 11.0. The van der Waals surface area contributed by atoms with E-state index in [-0.39, 0.29) is 11.8 Å². The SMILES string of the molecule is CC.CNC(=O)C1CCCNC1. The van der Waals surface area contributed by atoms with Gasteiger partial charge in [0.05, 0.1) is 5.92 Å². The van der Waals surface area contributed by atoms with Crippen LogP contribution in [0.4, 0.5) is 0 Å². The van der Waals surface area contributed by atoms with Gasteiger partial charge in [-0.3, -0.25) is 4.79 Å². The van der Waals surface area contributed by atoms with Crippen molar-refractivity contribution in [2.75, 3.05) is 20.1 Å². The first-order valence-corrected chi connectivity index (χ1v) is 4.77. The Bertz CT molecular complexity index is 120. The number of nitrogens with one attached hydrogen (secondary N) is 2.